The van der Waals surface area contributed by atoms with Crippen LogP contribution in [-0.4, -0.2) is 66.9 Å². The Morgan fingerprint density at radius 1 is 1.22 bits per heavy atom. The lowest BCUT2D eigenvalue weighted by atomic mass is 9.88. The lowest BCUT2D eigenvalue weighted by Crippen LogP contribution is -2.48. The molecule has 0 fully saturated rings. The van der Waals surface area contributed by atoms with Crippen LogP contribution in [0.15, 0.2) is 17.1 Å². The van der Waals surface area contributed by atoms with Gasteiger partial charge in [-0.15, -0.1) is 0 Å². The van der Waals surface area contributed by atoms with E-state index in [4.69, 9.17) is 26.8 Å². The Morgan fingerprint density at radius 3 is 2.47 bits per heavy atom. The maximum absolute atomic E-state index is 12.5. The van der Waals surface area contributed by atoms with Crippen molar-refractivity contribution in [2.75, 3.05) is 6.61 Å². The average Bonchev–Trinajstić information content (AvgIpc) is 3.17. The van der Waals surface area contributed by atoms with Crippen LogP contribution in [0.2, 0.25) is 0 Å². The highest BCUT2D eigenvalue weighted by Crippen LogP contribution is 2.21. The molecule has 2 aromatic rings. The summed E-state index contributed by atoms with van der Waals surface area (Å²) in [6, 6.07) is 0.00256. The minimum absolute atomic E-state index is 0.0177. The number of aromatic amines is 1. The first-order valence-corrected chi connectivity index (χ1v) is 11.5. The van der Waals surface area contributed by atoms with Crippen molar-refractivity contribution < 1.29 is 38.9 Å². The first-order valence-electron chi connectivity index (χ1n) is 11.1. The van der Waals surface area contributed by atoms with Crippen LogP contribution in [0, 0.1) is 10.2 Å². The molecule has 0 saturated heterocycles. The van der Waals surface area contributed by atoms with E-state index < -0.39 is 60.4 Å². The maximum atomic E-state index is 12.5. The van der Waals surface area contributed by atoms with E-state index in [9.17, 15) is 29.1 Å². The monoisotopic (exact) mass is 526 g/mol. The summed E-state index contributed by atoms with van der Waals surface area (Å²) in [6.07, 6.45) is 0.305. The number of carbonyl (C=O) groups excluding carboxylic acids is 2. The summed E-state index contributed by atoms with van der Waals surface area (Å²) in [5.74, 6) is -4.50. The van der Waals surface area contributed by atoms with E-state index in [1.807, 2.05) is 13.8 Å². The second-order valence-electron chi connectivity index (χ2n) is 9.02. The van der Waals surface area contributed by atoms with Crippen LogP contribution < -0.4 is 10.9 Å². The molecule has 0 radical (unpaired) electrons. The molecule has 0 aromatic carbocycles. The number of carboxylic acid groups (broad SMARTS) is 2. The predicted octanol–water partition coefficient (Wildman–Crippen LogP) is 1.25. The number of aliphatic carboxylic acids is 2. The Bertz CT molecular complexity index is 1260. The molecule has 0 aliphatic carbocycles. The molecule has 0 saturated carbocycles. The standard InChI is InChI=1S/C22H30N4O9S/c1-12(2)34-8-7-26-14-5-6-25(17(14)18(30)24-21(26)36)11-35-16(29)9-13(19(31)32)23-20(33)22(3,4)10-15(27)28/h5-6,12-13H,7-11H2,1-4H3,(H,23,33)(H,27,28)(H,31,32)(H,24,30,36). The third-order valence-corrected chi connectivity index (χ3v) is 5.55. The molecule has 4 N–H and O–H groups in total. The number of ether oxygens (including phenoxy) is 2. The summed E-state index contributed by atoms with van der Waals surface area (Å²) < 4.78 is 14.0. The molecule has 2 rings (SSSR count). The summed E-state index contributed by atoms with van der Waals surface area (Å²) in [6.45, 7) is 6.82. The van der Waals surface area contributed by atoms with Gasteiger partial charge in [0.25, 0.3) is 5.56 Å². The summed E-state index contributed by atoms with van der Waals surface area (Å²) >= 11 is 5.25. The highest BCUT2D eigenvalue weighted by Gasteiger charge is 2.34. The molecule has 36 heavy (non-hydrogen) atoms. The normalized spacial score (nSPS) is 12.5. The van der Waals surface area contributed by atoms with Gasteiger partial charge in [-0.1, -0.05) is 13.8 Å². The van der Waals surface area contributed by atoms with Gasteiger partial charge in [0.15, 0.2) is 11.5 Å². The quantitative estimate of drug-likeness (QED) is 0.219. The first kappa shape index (κ1) is 28.7. The molecule has 2 aromatic heterocycles. The number of nitrogens with one attached hydrogen (secondary N) is 2. The number of nitrogens with zero attached hydrogens (tertiary/aromatic N) is 2. The number of hydrogen-bond acceptors (Lipinski definition) is 8. The van der Waals surface area contributed by atoms with Crippen LogP contribution in [0.5, 0.6) is 0 Å². The topological polar surface area (TPSA) is 182 Å². The largest absolute Gasteiger partial charge is 0.481 e. The highest BCUT2D eigenvalue weighted by atomic mass is 32.1. The molecular weight excluding hydrogens is 496 g/mol. The van der Waals surface area contributed by atoms with Crippen LogP contribution in [0.25, 0.3) is 11.0 Å². The zero-order chi connectivity index (χ0) is 27.2. The lowest BCUT2D eigenvalue weighted by Gasteiger charge is -2.24. The summed E-state index contributed by atoms with van der Waals surface area (Å²) in [4.78, 5) is 62.3. The van der Waals surface area contributed by atoms with E-state index in [1.165, 1.54) is 24.6 Å². The van der Waals surface area contributed by atoms with Crippen molar-refractivity contribution >= 4 is 47.1 Å². The van der Waals surface area contributed by atoms with Crippen molar-refractivity contribution in [3.63, 3.8) is 0 Å². The van der Waals surface area contributed by atoms with Gasteiger partial charge < -0.3 is 34.1 Å². The number of aromatic nitrogens is 3. The van der Waals surface area contributed by atoms with Gasteiger partial charge in [-0.3, -0.25) is 24.2 Å². The average molecular weight is 527 g/mol. The van der Waals surface area contributed by atoms with E-state index in [0.717, 1.165) is 0 Å². The fraction of sp³-hybridized carbons (Fsp3) is 0.545. The van der Waals surface area contributed by atoms with Crippen molar-refractivity contribution in [2.45, 2.75) is 66.0 Å². The molecule has 0 aliphatic heterocycles. The van der Waals surface area contributed by atoms with Crippen molar-refractivity contribution in [1.29, 1.82) is 0 Å². The second-order valence-corrected chi connectivity index (χ2v) is 9.40. The SMILES string of the molecule is CC(C)OCCn1c(=S)[nH]c(=O)c2c1ccn2COC(=O)CC(NC(=O)C(C)(C)CC(=O)O)C(=O)O. The molecule has 1 atom stereocenters. The molecular formula is C22H30N4O9S. The number of H-pyrrole nitrogens is 1. The maximum Gasteiger partial charge on any atom is 0.326 e. The predicted molar refractivity (Wildman–Crippen MR) is 129 cm³/mol. The van der Waals surface area contributed by atoms with Crippen molar-refractivity contribution in [3.8, 4) is 0 Å². The summed E-state index contributed by atoms with van der Waals surface area (Å²) in [5.41, 5.74) is -1.19. The van der Waals surface area contributed by atoms with Crippen molar-refractivity contribution in [1.82, 2.24) is 19.4 Å². The van der Waals surface area contributed by atoms with Gasteiger partial charge in [0.1, 0.15) is 11.6 Å². The Labute approximate surface area is 211 Å². The van der Waals surface area contributed by atoms with E-state index in [1.54, 1.807) is 10.6 Å². The van der Waals surface area contributed by atoms with Gasteiger partial charge in [-0.2, -0.15) is 0 Å². The minimum Gasteiger partial charge on any atom is -0.481 e. The first-order chi connectivity index (χ1) is 16.7. The Hall–Kier alpha value is -3.52. The highest BCUT2D eigenvalue weighted by molar-refractivity contribution is 7.71. The number of carbonyl (C=O) groups is 4. The Kier molecular flexibility index (Phi) is 9.53. The zero-order valence-electron chi connectivity index (χ0n) is 20.4. The van der Waals surface area contributed by atoms with Crippen LogP contribution in [0.4, 0.5) is 0 Å². The Balaban J connectivity index is 2.11. The molecule has 0 spiro atoms. The molecule has 14 heteroatoms. The fourth-order valence-electron chi connectivity index (χ4n) is 3.35. The van der Waals surface area contributed by atoms with E-state index in [-0.39, 0.29) is 16.4 Å². The number of amides is 1. The third-order valence-electron chi connectivity index (χ3n) is 5.23. The van der Waals surface area contributed by atoms with E-state index >= 15 is 0 Å². The van der Waals surface area contributed by atoms with Crippen LogP contribution in [-0.2, 0) is 41.9 Å². The second kappa shape index (κ2) is 11.9. The van der Waals surface area contributed by atoms with Crippen LogP contribution >= 0.6 is 12.2 Å². The molecule has 0 aliphatic rings. The minimum atomic E-state index is -1.63. The molecule has 198 valence electrons. The number of fused-ring (bicyclic) bond motifs is 1. The molecule has 1 unspecified atom stereocenters. The molecule has 2 heterocycles. The number of hydrogen-bond donors (Lipinski definition) is 4. The van der Waals surface area contributed by atoms with Crippen LogP contribution in [0.1, 0.15) is 40.5 Å². The lowest BCUT2D eigenvalue weighted by molar-refractivity contribution is -0.154. The van der Waals surface area contributed by atoms with E-state index in [0.29, 0.717) is 18.7 Å². The molecule has 1 amide bonds. The van der Waals surface area contributed by atoms with Gasteiger partial charge in [-0.05, 0) is 32.1 Å². The van der Waals surface area contributed by atoms with Gasteiger partial charge in [0.2, 0.25) is 5.91 Å². The number of esters is 1. The summed E-state index contributed by atoms with van der Waals surface area (Å²) in [5, 5.41) is 20.5. The fourth-order valence-corrected chi connectivity index (χ4v) is 3.63. The smallest absolute Gasteiger partial charge is 0.326 e. The Morgan fingerprint density at radius 2 is 1.89 bits per heavy atom. The van der Waals surface area contributed by atoms with Crippen molar-refractivity contribution in [3.05, 3.63) is 27.4 Å². The zero-order valence-corrected chi connectivity index (χ0v) is 21.2. The van der Waals surface area contributed by atoms with Crippen molar-refractivity contribution in [2.24, 2.45) is 5.41 Å². The van der Waals surface area contributed by atoms with Gasteiger partial charge in [0, 0.05) is 12.7 Å². The summed E-state index contributed by atoms with van der Waals surface area (Å²) in [7, 11) is 0. The van der Waals surface area contributed by atoms with Crippen LogP contribution in [0.3, 0.4) is 0 Å². The number of rotatable bonds is 13. The van der Waals surface area contributed by atoms with Gasteiger partial charge >= 0.3 is 17.9 Å². The van der Waals surface area contributed by atoms with Gasteiger partial charge in [-0.25, -0.2) is 4.79 Å². The third kappa shape index (κ3) is 7.49. The number of carboxylic acids is 2. The van der Waals surface area contributed by atoms with Gasteiger partial charge in [0.05, 0.1) is 36.5 Å². The molecule has 0 bridgehead atoms. The van der Waals surface area contributed by atoms with E-state index in [2.05, 4.69) is 10.3 Å². The molecule has 13 nitrogen and oxygen atoms in total.